The van der Waals surface area contributed by atoms with Crippen molar-refractivity contribution < 1.29 is 5.11 Å². The zero-order chi connectivity index (χ0) is 14.6. The molecule has 0 aliphatic heterocycles. The van der Waals surface area contributed by atoms with Crippen LogP contribution in [0.1, 0.15) is 38.0 Å². The predicted octanol–water partition coefficient (Wildman–Crippen LogP) is 1.75. The average molecular weight is 265 g/mol. The van der Waals surface area contributed by atoms with Gasteiger partial charge in [0.1, 0.15) is 0 Å². The number of nitrogens with zero attached hydrogens (tertiary/aromatic N) is 1. The van der Waals surface area contributed by atoms with E-state index in [0.29, 0.717) is 6.54 Å². The molecule has 0 spiro atoms. The van der Waals surface area contributed by atoms with E-state index in [4.69, 9.17) is 5.73 Å². The van der Waals surface area contributed by atoms with Crippen LogP contribution < -0.4 is 11.1 Å². The Labute approximate surface area is 116 Å². The lowest BCUT2D eigenvalue weighted by Gasteiger charge is -2.23. The molecule has 4 heteroatoms. The molecule has 1 aromatic carbocycles. The first-order valence-electron chi connectivity index (χ1n) is 6.65. The molecule has 0 heterocycles. The van der Waals surface area contributed by atoms with Crippen molar-refractivity contribution in [2.45, 2.75) is 39.0 Å². The highest BCUT2D eigenvalue weighted by Gasteiger charge is 2.14. The van der Waals surface area contributed by atoms with Crippen LogP contribution in [0.4, 0.5) is 5.69 Å². The zero-order valence-electron chi connectivity index (χ0n) is 12.7. The fraction of sp³-hybridized carbons (Fsp3) is 0.600. The minimum atomic E-state index is -0.513. The number of nitrogens with one attached hydrogen (secondary N) is 1. The van der Waals surface area contributed by atoms with Crippen molar-refractivity contribution in [3.8, 4) is 0 Å². The van der Waals surface area contributed by atoms with Gasteiger partial charge >= 0.3 is 0 Å². The summed E-state index contributed by atoms with van der Waals surface area (Å²) in [6.07, 6.45) is -0.513. The molecular formula is C15H27N3O. The SMILES string of the molecule is CN(C)Cc1cc(C(O)CNC(C)(C)C)ccc1N. The summed E-state index contributed by atoms with van der Waals surface area (Å²) in [5.74, 6) is 0. The van der Waals surface area contributed by atoms with Crippen LogP contribution in [0.2, 0.25) is 0 Å². The highest BCUT2D eigenvalue weighted by molar-refractivity contribution is 5.49. The van der Waals surface area contributed by atoms with Crippen LogP contribution >= 0.6 is 0 Å². The first-order chi connectivity index (χ1) is 8.69. The van der Waals surface area contributed by atoms with Crippen molar-refractivity contribution in [2.24, 2.45) is 0 Å². The number of benzene rings is 1. The standard InChI is InChI=1S/C15H27N3O/c1-15(2,3)17-9-14(19)11-6-7-13(16)12(8-11)10-18(4)5/h6-8,14,17,19H,9-10,16H2,1-5H3. The molecule has 0 fully saturated rings. The lowest BCUT2D eigenvalue weighted by atomic mass is 10.0. The summed E-state index contributed by atoms with van der Waals surface area (Å²) in [4.78, 5) is 2.06. The Morgan fingerprint density at radius 1 is 1.32 bits per heavy atom. The van der Waals surface area contributed by atoms with E-state index in [1.165, 1.54) is 0 Å². The van der Waals surface area contributed by atoms with E-state index in [0.717, 1.165) is 23.4 Å². The van der Waals surface area contributed by atoms with Gasteiger partial charge in [-0.15, -0.1) is 0 Å². The van der Waals surface area contributed by atoms with Gasteiger partial charge in [-0.2, -0.15) is 0 Å². The van der Waals surface area contributed by atoms with Crippen molar-refractivity contribution in [1.82, 2.24) is 10.2 Å². The lowest BCUT2D eigenvalue weighted by Crippen LogP contribution is -2.38. The van der Waals surface area contributed by atoms with Gasteiger partial charge in [0.15, 0.2) is 0 Å². The third-order valence-electron chi connectivity index (χ3n) is 2.86. The summed E-state index contributed by atoms with van der Waals surface area (Å²) in [5, 5.41) is 13.5. The maximum Gasteiger partial charge on any atom is 0.0914 e. The van der Waals surface area contributed by atoms with E-state index in [1.54, 1.807) is 0 Å². The van der Waals surface area contributed by atoms with E-state index in [1.807, 2.05) is 32.3 Å². The van der Waals surface area contributed by atoms with Gasteiger partial charge in [-0.05, 0) is 58.1 Å². The highest BCUT2D eigenvalue weighted by atomic mass is 16.3. The molecule has 19 heavy (non-hydrogen) atoms. The van der Waals surface area contributed by atoms with Gasteiger partial charge < -0.3 is 21.1 Å². The number of hydrogen-bond donors (Lipinski definition) is 3. The van der Waals surface area contributed by atoms with E-state index in [2.05, 4.69) is 31.0 Å². The average Bonchev–Trinajstić information content (AvgIpc) is 2.27. The Hall–Kier alpha value is -1.10. The summed E-state index contributed by atoms with van der Waals surface area (Å²) in [6, 6.07) is 5.75. The summed E-state index contributed by atoms with van der Waals surface area (Å²) in [5.41, 5.74) is 8.69. The van der Waals surface area contributed by atoms with Crippen LogP contribution in [-0.4, -0.2) is 36.2 Å². The summed E-state index contributed by atoms with van der Waals surface area (Å²) in [7, 11) is 4.01. The fourth-order valence-corrected chi connectivity index (χ4v) is 1.83. The maximum atomic E-state index is 10.2. The summed E-state index contributed by atoms with van der Waals surface area (Å²) in [6.45, 7) is 7.56. The molecule has 1 rings (SSSR count). The van der Waals surface area contributed by atoms with Gasteiger partial charge in [-0.3, -0.25) is 0 Å². The molecule has 1 aromatic rings. The number of aliphatic hydroxyl groups is 1. The van der Waals surface area contributed by atoms with Gasteiger partial charge in [0, 0.05) is 24.3 Å². The molecule has 0 bridgehead atoms. The van der Waals surface area contributed by atoms with Crippen molar-refractivity contribution >= 4 is 5.69 Å². The Balaban J connectivity index is 2.77. The monoisotopic (exact) mass is 265 g/mol. The van der Waals surface area contributed by atoms with Crippen LogP contribution in [0.25, 0.3) is 0 Å². The molecule has 0 aromatic heterocycles. The van der Waals surface area contributed by atoms with E-state index < -0.39 is 6.10 Å². The quantitative estimate of drug-likeness (QED) is 0.710. The van der Waals surface area contributed by atoms with Crippen LogP contribution in [0, 0.1) is 0 Å². The van der Waals surface area contributed by atoms with E-state index >= 15 is 0 Å². The molecule has 4 N–H and O–H groups in total. The van der Waals surface area contributed by atoms with Crippen LogP contribution in [0.3, 0.4) is 0 Å². The van der Waals surface area contributed by atoms with Gasteiger partial charge in [0.05, 0.1) is 6.10 Å². The molecule has 4 nitrogen and oxygen atoms in total. The third-order valence-corrected chi connectivity index (χ3v) is 2.86. The topological polar surface area (TPSA) is 61.5 Å². The van der Waals surface area contributed by atoms with Crippen molar-refractivity contribution in [2.75, 3.05) is 26.4 Å². The van der Waals surface area contributed by atoms with E-state index in [9.17, 15) is 5.11 Å². The molecule has 0 amide bonds. The molecule has 1 atom stereocenters. The van der Waals surface area contributed by atoms with Crippen LogP contribution in [0.5, 0.6) is 0 Å². The second kappa shape index (κ2) is 6.37. The molecule has 0 saturated heterocycles. The maximum absolute atomic E-state index is 10.2. The Morgan fingerprint density at radius 2 is 1.95 bits per heavy atom. The lowest BCUT2D eigenvalue weighted by molar-refractivity contribution is 0.163. The Kier molecular flexibility index (Phi) is 5.35. The number of β-amino-alcohol motifs (C(OH)–C–C–N with tert-alkyl or cyclic N) is 1. The number of nitrogens with two attached hydrogens (primary N) is 1. The Morgan fingerprint density at radius 3 is 2.47 bits per heavy atom. The van der Waals surface area contributed by atoms with Gasteiger partial charge in [0.25, 0.3) is 0 Å². The smallest absolute Gasteiger partial charge is 0.0914 e. The number of anilines is 1. The first kappa shape index (κ1) is 16.0. The molecule has 0 radical (unpaired) electrons. The van der Waals surface area contributed by atoms with Gasteiger partial charge in [-0.25, -0.2) is 0 Å². The highest BCUT2D eigenvalue weighted by Crippen LogP contribution is 2.20. The number of aliphatic hydroxyl groups excluding tert-OH is 1. The minimum absolute atomic E-state index is 0.00124. The number of nitrogen functional groups attached to an aromatic ring is 1. The zero-order valence-corrected chi connectivity index (χ0v) is 12.7. The van der Waals surface area contributed by atoms with Crippen LogP contribution in [0.15, 0.2) is 18.2 Å². The van der Waals surface area contributed by atoms with Gasteiger partial charge in [-0.1, -0.05) is 6.07 Å². The number of rotatable bonds is 5. The predicted molar refractivity (Wildman–Crippen MR) is 81.0 cm³/mol. The first-order valence-corrected chi connectivity index (χ1v) is 6.65. The summed E-state index contributed by atoms with van der Waals surface area (Å²) >= 11 is 0. The van der Waals surface area contributed by atoms with E-state index in [-0.39, 0.29) is 5.54 Å². The molecule has 0 aliphatic carbocycles. The second-order valence-electron chi connectivity index (χ2n) is 6.34. The number of hydrogen-bond acceptors (Lipinski definition) is 4. The Bertz CT molecular complexity index is 410. The third kappa shape index (κ3) is 5.59. The summed E-state index contributed by atoms with van der Waals surface area (Å²) < 4.78 is 0. The normalized spacial score (nSPS) is 13.8. The van der Waals surface area contributed by atoms with Crippen molar-refractivity contribution in [3.05, 3.63) is 29.3 Å². The largest absolute Gasteiger partial charge is 0.398 e. The molecule has 0 aliphatic rings. The second-order valence-corrected chi connectivity index (χ2v) is 6.34. The van der Waals surface area contributed by atoms with Crippen molar-refractivity contribution in [1.29, 1.82) is 0 Å². The fourth-order valence-electron chi connectivity index (χ4n) is 1.83. The van der Waals surface area contributed by atoms with Gasteiger partial charge in [0.2, 0.25) is 0 Å². The van der Waals surface area contributed by atoms with Crippen LogP contribution in [-0.2, 0) is 6.54 Å². The molecular weight excluding hydrogens is 238 g/mol. The molecule has 1 unspecified atom stereocenters. The molecule has 0 saturated carbocycles. The minimum Gasteiger partial charge on any atom is -0.398 e. The molecule has 108 valence electrons. The van der Waals surface area contributed by atoms with Crippen molar-refractivity contribution in [3.63, 3.8) is 0 Å².